The van der Waals surface area contributed by atoms with Crippen molar-refractivity contribution in [1.82, 2.24) is 5.32 Å². The van der Waals surface area contributed by atoms with Gasteiger partial charge in [-0.3, -0.25) is 4.79 Å². The van der Waals surface area contributed by atoms with Gasteiger partial charge in [-0.25, -0.2) is 8.78 Å². The number of benzene rings is 1. The zero-order chi connectivity index (χ0) is 13.1. The lowest BCUT2D eigenvalue weighted by Crippen LogP contribution is -2.29. The molecule has 0 aliphatic heterocycles. The first-order chi connectivity index (χ1) is 8.56. The largest absolute Gasteiger partial charge is 0.352 e. The molecule has 0 radical (unpaired) electrons. The first-order valence-electron chi connectivity index (χ1n) is 5.93. The maximum atomic E-state index is 13.3. The van der Waals surface area contributed by atoms with E-state index in [0.717, 1.165) is 31.4 Å². The van der Waals surface area contributed by atoms with E-state index in [9.17, 15) is 13.6 Å². The Bertz CT molecular complexity index is 453. The lowest BCUT2D eigenvalue weighted by atomic mass is 10.1. The lowest BCUT2D eigenvalue weighted by Gasteiger charge is -2.11. The molecular weight excluding hydrogens is 260 g/mol. The highest BCUT2D eigenvalue weighted by molar-refractivity contribution is 6.20. The predicted molar refractivity (Wildman–Crippen MR) is 65.7 cm³/mol. The fourth-order valence-electron chi connectivity index (χ4n) is 2.21. The first-order valence-corrected chi connectivity index (χ1v) is 6.37. The van der Waals surface area contributed by atoms with Gasteiger partial charge in [0.1, 0.15) is 11.6 Å². The number of hydrogen-bond acceptors (Lipinski definition) is 1. The smallest absolute Gasteiger partial charge is 0.254 e. The molecule has 5 heteroatoms. The van der Waals surface area contributed by atoms with Gasteiger partial charge in [-0.15, -0.1) is 11.6 Å². The third kappa shape index (κ3) is 3.19. The molecule has 2 unspecified atom stereocenters. The van der Waals surface area contributed by atoms with Crippen LogP contribution in [0, 0.1) is 17.6 Å². The van der Waals surface area contributed by atoms with E-state index < -0.39 is 17.5 Å². The number of carbonyl (C=O) groups excluding carboxylic acids is 1. The predicted octanol–water partition coefficient (Wildman–Crippen LogP) is 3.10. The summed E-state index contributed by atoms with van der Waals surface area (Å²) < 4.78 is 26.0. The Labute approximate surface area is 109 Å². The Hall–Kier alpha value is -1.16. The molecule has 98 valence electrons. The van der Waals surface area contributed by atoms with Crippen molar-refractivity contribution in [3.63, 3.8) is 0 Å². The second-order valence-corrected chi connectivity index (χ2v) is 5.23. The number of rotatable bonds is 3. The molecule has 1 fully saturated rings. The molecule has 1 aromatic carbocycles. The van der Waals surface area contributed by atoms with E-state index in [1.54, 1.807) is 0 Å². The number of amides is 1. The Morgan fingerprint density at radius 1 is 1.39 bits per heavy atom. The molecular formula is C13H14ClF2NO. The normalized spacial score (nSPS) is 23.1. The minimum atomic E-state index is -0.839. The molecule has 0 saturated heterocycles. The van der Waals surface area contributed by atoms with Crippen LogP contribution in [0.4, 0.5) is 8.78 Å². The summed E-state index contributed by atoms with van der Waals surface area (Å²) in [5.41, 5.74) is -0.128. The van der Waals surface area contributed by atoms with Gasteiger partial charge < -0.3 is 5.32 Å². The average Bonchev–Trinajstić information content (AvgIpc) is 2.72. The van der Waals surface area contributed by atoms with Gasteiger partial charge in [-0.2, -0.15) is 0 Å². The van der Waals surface area contributed by atoms with Crippen LogP contribution in [0.5, 0.6) is 0 Å². The van der Waals surface area contributed by atoms with Gasteiger partial charge in [0, 0.05) is 18.0 Å². The number of carbonyl (C=O) groups is 1. The van der Waals surface area contributed by atoms with Crippen molar-refractivity contribution in [2.75, 3.05) is 6.54 Å². The van der Waals surface area contributed by atoms with Gasteiger partial charge in [0.15, 0.2) is 0 Å². The molecule has 18 heavy (non-hydrogen) atoms. The van der Waals surface area contributed by atoms with Gasteiger partial charge in [0.2, 0.25) is 0 Å². The Balaban J connectivity index is 1.91. The van der Waals surface area contributed by atoms with Gasteiger partial charge >= 0.3 is 0 Å². The van der Waals surface area contributed by atoms with E-state index in [1.165, 1.54) is 0 Å². The van der Waals surface area contributed by atoms with Crippen molar-refractivity contribution in [1.29, 1.82) is 0 Å². The van der Waals surface area contributed by atoms with Crippen LogP contribution < -0.4 is 5.32 Å². The van der Waals surface area contributed by atoms with Crippen molar-refractivity contribution in [3.8, 4) is 0 Å². The minimum Gasteiger partial charge on any atom is -0.352 e. The lowest BCUT2D eigenvalue weighted by molar-refractivity contribution is 0.0943. The van der Waals surface area contributed by atoms with Gasteiger partial charge in [0.25, 0.3) is 5.91 Å². The summed E-state index contributed by atoms with van der Waals surface area (Å²) in [4.78, 5) is 11.7. The molecule has 1 N–H and O–H groups in total. The van der Waals surface area contributed by atoms with Crippen LogP contribution in [0.3, 0.4) is 0 Å². The van der Waals surface area contributed by atoms with Crippen LogP contribution in [0.2, 0.25) is 0 Å². The van der Waals surface area contributed by atoms with Gasteiger partial charge in [-0.1, -0.05) is 0 Å². The Kier molecular flexibility index (Phi) is 4.17. The maximum absolute atomic E-state index is 13.3. The summed E-state index contributed by atoms with van der Waals surface area (Å²) in [6.45, 7) is 0.485. The molecule has 0 bridgehead atoms. The number of nitrogens with one attached hydrogen (secondary N) is 1. The number of halogens is 3. The zero-order valence-corrected chi connectivity index (χ0v) is 10.5. The SMILES string of the molecule is O=C(NCC1CCC(Cl)C1)c1ccc(F)cc1F. The van der Waals surface area contributed by atoms with E-state index in [4.69, 9.17) is 11.6 Å². The molecule has 1 aliphatic carbocycles. The molecule has 0 spiro atoms. The summed E-state index contributed by atoms with van der Waals surface area (Å²) in [6, 6.07) is 2.93. The zero-order valence-electron chi connectivity index (χ0n) is 9.76. The first kappa shape index (κ1) is 13.3. The second kappa shape index (κ2) is 5.65. The highest BCUT2D eigenvalue weighted by Crippen LogP contribution is 2.28. The molecule has 1 amide bonds. The molecule has 0 heterocycles. The highest BCUT2D eigenvalue weighted by atomic mass is 35.5. The van der Waals surface area contributed by atoms with Gasteiger partial charge in [-0.05, 0) is 37.3 Å². The summed E-state index contributed by atoms with van der Waals surface area (Å²) in [5, 5.41) is 2.84. The third-order valence-corrected chi connectivity index (χ3v) is 3.60. The van der Waals surface area contributed by atoms with Crippen LogP contribution in [0.25, 0.3) is 0 Å². The van der Waals surface area contributed by atoms with E-state index in [1.807, 2.05) is 0 Å². The number of hydrogen-bond donors (Lipinski definition) is 1. The number of alkyl halides is 1. The highest BCUT2D eigenvalue weighted by Gasteiger charge is 2.23. The molecule has 1 aliphatic rings. The van der Waals surface area contributed by atoms with E-state index >= 15 is 0 Å². The monoisotopic (exact) mass is 273 g/mol. The van der Waals surface area contributed by atoms with E-state index in [0.29, 0.717) is 18.5 Å². The van der Waals surface area contributed by atoms with Gasteiger partial charge in [0.05, 0.1) is 5.56 Å². The van der Waals surface area contributed by atoms with Crippen LogP contribution in [-0.4, -0.2) is 17.8 Å². The van der Waals surface area contributed by atoms with Crippen molar-refractivity contribution in [3.05, 3.63) is 35.4 Å². The van der Waals surface area contributed by atoms with Crippen LogP contribution >= 0.6 is 11.6 Å². The third-order valence-electron chi connectivity index (χ3n) is 3.20. The quantitative estimate of drug-likeness (QED) is 0.843. The van der Waals surface area contributed by atoms with Crippen LogP contribution in [-0.2, 0) is 0 Å². The Morgan fingerprint density at radius 2 is 2.17 bits per heavy atom. The average molecular weight is 274 g/mol. The molecule has 2 nitrogen and oxygen atoms in total. The molecule has 2 atom stereocenters. The summed E-state index contributed by atoms with van der Waals surface area (Å²) in [7, 11) is 0. The summed E-state index contributed by atoms with van der Waals surface area (Å²) >= 11 is 5.97. The molecule has 1 saturated carbocycles. The molecule has 0 aromatic heterocycles. The second-order valence-electron chi connectivity index (χ2n) is 4.61. The van der Waals surface area contributed by atoms with Crippen molar-refractivity contribution in [2.24, 2.45) is 5.92 Å². The van der Waals surface area contributed by atoms with E-state index in [-0.39, 0.29) is 10.9 Å². The van der Waals surface area contributed by atoms with E-state index in [2.05, 4.69) is 5.32 Å². The summed E-state index contributed by atoms with van der Waals surface area (Å²) in [5.74, 6) is -1.69. The molecule has 1 aromatic rings. The van der Waals surface area contributed by atoms with Crippen LogP contribution in [0.15, 0.2) is 18.2 Å². The van der Waals surface area contributed by atoms with Crippen LogP contribution in [0.1, 0.15) is 29.6 Å². The standard InChI is InChI=1S/C13H14ClF2NO/c14-9-2-1-8(5-9)7-17-13(18)11-4-3-10(15)6-12(11)16/h3-4,6,8-9H,1-2,5,7H2,(H,17,18). The topological polar surface area (TPSA) is 29.1 Å². The minimum absolute atomic E-state index is 0.128. The fraction of sp³-hybridized carbons (Fsp3) is 0.462. The fourth-order valence-corrected chi connectivity index (χ4v) is 2.58. The maximum Gasteiger partial charge on any atom is 0.254 e. The van der Waals surface area contributed by atoms with Crippen molar-refractivity contribution < 1.29 is 13.6 Å². The molecule has 2 rings (SSSR count). The van der Waals surface area contributed by atoms with Crippen molar-refractivity contribution >= 4 is 17.5 Å². The summed E-state index contributed by atoms with van der Waals surface area (Å²) in [6.07, 6.45) is 2.79. The Morgan fingerprint density at radius 3 is 2.78 bits per heavy atom. The van der Waals surface area contributed by atoms with Crippen molar-refractivity contribution in [2.45, 2.75) is 24.6 Å².